The average molecular weight is 344 g/mol. The fourth-order valence-electron chi connectivity index (χ4n) is 3.92. The van der Waals surface area contributed by atoms with Gasteiger partial charge in [-0.25, -0.2) is 4.79 Å². The van der Waals surface area contributed by atoms with Gasteiger partial charge >= 0.3 is 12.2 Å². The molecule has 0 unspecified atom stereocenters. The van der Waals surface area contributed by atoms with Crippen LogP contribution in [-0.2, 0) is 13.5 Å². The number of urea groups is 1. The van der Waals surface area contributed by atoms with E-state index in [9.17, 15) is 18.0 Å². The van der Waals surface area contributed by atoms with E-state index in [-0.39, 0.29) is 6.04 Å². The first-order valence-corrected chi connectivity index (χ1v) is 8.51. The molecule has 0 aromatic carbocycles. The number of rotatable bonds is 3. The number of nitrogens with zero attached hydrogens (tertiary/aromatic N) is 2. The Bertz CT molecular complexity index is 593. The maximum Gasteiger partial charge on any atom is 0.408 e. The molecule has 0 spiro atoms. The molecular formula is C16H23F3N4O. The number of alkyl halides is 3. The van der Waals surface area contributed by atoms with Gasteiger partial charge < -0.3 is 10.6 Å². The Kier molecular flexibility index (Phi) is 4.73. The molecule has 1 saturated carbocycles. The second kappa shape index (κ2) is 6.64. The van der Waals surface area contributed by atoms with Crippen LogP contribution in [0, 0.1) is 5.92 Å². The molecule has 1 fully saturated rings. The van der Waals surface area contributed by atoms with Crippen molar-refractivity contribution in [1.29, 1.82) is 0 Å². The molecule has 2 aliphatic carbocycles. The van der Waals surface area contributed by atoms with Crippen molar-refractivity contribution in [1.82, 2.24) is 20.4 Å². The molecule has 1 aromatic heterocycles. The number of hydrogen-bond donors (Lipinski definition) is 2. The van der Waals surface area contributed by atoms with Gasteiger partial charge in [0, 0.05) is 18.8 Å². The number of amides is 2. The maximum atomic E-state index is 13.3. The number of fused-ring (bicyclic) bond motifs is 1. The van der Waals surface area contributed by atoms with E-state index in [2.05, 4.69) is 15.7 Å². The summed E-state index contributed by atoms with van der Waals surface area (Å²) >= 11 is 0. The molecule has 2 aliphatic rings. The Balaban J connectivity index is 1.66. The molecule has 134 valence electrons. The normalized spacial score (nSPS) is 22.9. The lowest BCUT2D eigenvalue weighted by Crippen LogP contribution is -2.53. The van der Waals surface area contributed by atoms with E-state index in [1.54, 1.807) is 11.7 Å². The van der Waals surface area contributed by atoms with Gasteiger partial charge in [0.2, 0.25) is 0 Å². The van der Waals surface area contributed by atoms with Crippen molar-refractivity contribution < 1.29 is 18.0 Å². The minimum Gasteiger partial charge on any atom is -0.331 e. The number of carbonyl (C=O) groups excluding carboxylic acids is 1. The highest BCUT2D eigenvalue weighted by Gasteiger charge is 2.46. The third-order valence-electron chi connectivity index (χ3n) is 5.04. The largest absolute Gasteiger partial charge is 0.408 e. The average Bonchev–Trinajstić information content (AvgIpc) is 3.12. The molecule has 0 bridgehead atoms. The Hall–Kier alpha value is -1.73. The fraction of sp³-hybridized carbons (Fsp3) is 0.750. The van der Waals surface area contributed by atoms with Gasteiger partial charge in [-0.15, -0.1) is 0 Å². The van der Waals surface area contributed by atoms with E-state index in [1.807, 2.05) is 6.20 Å². The van der Waals surface area contributed by atoms with Crippen molar-refractivity contribution in [3.8, 4) is 0 Å². The van der Waals surface area contributed by atoms with Crippen molar-refractivity contribution in [2.45, 2.75) is 63.2 Å². The van der Waals surface area contributed by atoms with Crippen LogP contribution in [0.3, 0.4) is 0 Å². The summed E-state index contributed by atoms with van der Waals surface area (Å²) in [5.41, 5.74) is 1.82. The summed E-state index contributed by atoms with van der Waals surface area (Å²) in [7, 11) is 1.80. The zero-order valence-corrected chi connectivity index (χ0v) is 13.7. The van der Waals surface area contributed by atoms with E-state index in [0.29, 0.717) is 19.3 Å². The van der Waals surface area contributed by atoms with E-state index < -0.39 is 24.2 Å². The van der Waals surface area contributed by atoms with E-state index in [4.69, 9.17) is 0 Å². The first-order chi connectivity index (χ1) is 11.3. The zero-order chi connectivity index (χ0) is 17.3. The lowest BCUT2D eigenvalue weighted by molar-refractivity contribution is -0.164. The van der Waals surface area contributed by atoms with Crippen molar-refractivity contribution >= 4 is 6.03 Å². The molecule has 2 N–H and O–H groups in total. The molecule has 1 aromatic rings. The lowest BCUT2D eigenvalue weighted by Gasteiger charge is -2.29. The Morgan fingerprint density at radius 2 is 2.00 bits per heavy atom. The third-order valence-corrected chi connectivity index (χ3v) is 5.04. The van der Waals surface area contributed by atoms with Gasteiger partial charge in [-0.2, -0.15) is 18.3 Å². The number of carbonyl (C=O) groups is 1. The summed E-state index contributed by atoms with van der Waals surface area (Å²) in [6.07, 6.45) is 2.44. The van der Waals surface area contributed by atoms with E-state index in [0.717, 1.165) is 36.9 Å². The van der Waals surface area contributed by atoms with Crippen molar-refractivity contribution in [3.63, 3.8) is 0 Å². The molecule has 2 amide bonds. The van der Waals surface area contributed by atoms with Gasteiger partial charge in [0.1, 0.15) is 6.04 Å². The second-order valence-corrected chi connectivity index (χ2v) is 6.83. The van der Waals surface area contributed by atoms with Crippen LogP contribution in [0.2, 0.25) is 0 Å². The van der Waals surface area contributed by atoms with Crippen LogP contribution >= 0.6 is 0 Å². The number of halogens is 3. The second-order valence-electron chi connectivity index (χ2n) is 6.83. The first-order valence-electron chi connectivity index (χ1n) is 8.51. The Morgan fingerprint density at radius 1 is 1.29 bits per heavy atom. The number of aromatic nitrogens is 2. The quantitative estimate of drug-likeness (QED) is 0.884. The zero-order valence-electron chi connectivity index (χ0n) is 13.7. The van der Waals surface area contributed by atoms with Crippen LogP contribution in [0.5, 0.6) is 0 Å². The smallest absolute Gasteiger partial charge is 0.331 e. The van der Waals surface area contributed by atoms with Crippen LogP contribution in [-0.4, -0.2) is 28.0 Å². The van der Waals surface area contributed by atoms with Crippen LogP contribution < -0.4 is 10.6 Å². The molecule has 0 radical (unpaired) electrons. The van der Waals surface area contributed by atoms with Crippen LogP contribution in [0.4, 0.5) is 18.0 Å². The molecule has 3 rings (SSSR count). The highest BCUT2D eigenvalue weighted by Crippen LogP contribution is 2.36. The van der Waals surface area contributed by atoms with Gasteiger partial charge in [-0.3, -0.25) is 4.68 Å². The summed E-state index contributed by atoms with van der Waals surface area (Å²) in [6, 6.07) is -2.79. The van der Waals surface area contributed by atoms with E-state index >= 15 is 0 Å². The maximum absolute atomic E-state index is 13.3. The summed E-state index contributed by atoms with van der Waals surface area (Å²) in [5, 5.41) is 9.23. The van der Waals surface area contributed by atoms with Gasteiger partial charge in [0.15, 0.2) is 0 Å². The van der Waals surface area contributed by atoms with E-state index in [1.165, 1.54) is 0 Å². The molecule has 24 heavy (non-hydrogen) atoms. The molecule has 5 nitrogen and oxygen atoms in total. The third kappa shape index (κ3) is 3.67. The minimum atomic E-state index is -4.42. The highest BCUT2D eigenvalue weighted by atomic mass is 19.4. The molecule has 8 heteroatoms. The minimum absolute atomic E-state index is 0.278. The summed E-state index contributed by atoms with van der Waals surface area (Å²) < 4.78 is 41.6. The Labute approximate surface area is 139 Å². The van der Waals surface area contributed by atoms with Crippen molar-refractivity contribution in [3.05, 3.63) is 17.5 Å². The number of hydrogen-bond acceptors (Lipinski definition) is 2. The molecule has 0 aliphatic heterocycles. The van der Waals surface area contributed by atoms with Gasteiger partial charge in [0.25, 0.3) is 0 Å². The summed E-state index contributed by atoms with van der Waals surface area (Å²) in [4.78, 5) is 12.2. The number of nitrogens with one attached hydrogen (secondary N) is 2. The van der Waals surface area contributed by atoms with Gasteiger partial charge in [-0.1, -0.05) is 12.8 Å². The molecule has 1 heterocycles. The lowest BCUT2D eigenvalue weighted by atomic mass is 9.93. The summed E-state index contributed by atoms with van der Waals surface area (Å²) in [5.74, 6) is -0.518. The fourth-order valence-corrected chi connectivity index (χ4v) is 3.92. The standard InChI is InChI=1S/C16H23F3N4O/c1-23-9-11-12(7-4-8-13(11)22-23)20-15(24)21-14(16(17,18)19)10-5-2-3-6-10/h9-10,12,14H,2-8H2,1H3,(H2,20,21,24)/t12-,14-/m0/s1. The Morgan fingerprint density at radius 3 is 2.67 bits per heavy atom. The predicted molar refractivity (Wildman–Crippen MR) is 82.4 cm³/mol. The van der Waals surface area contributed by atoms with Gasteiger partial charge in [0.05, 0.1) is 11.7 Å². The van der Waals surface area contributed by atoms with Crippen molar-refractivity contribution in [2.75, 3.05) is 0 Å². The highest BCUT2D eigenvalue weighted by molar-refractivity contribution is 5.75. The first kappa shape index (κ1) is 17.1. The number of aryl methyl sites for hydroxylation is 2. The molecular weight excluding hydrogens is 321 g/mol. The molecule has 2 atom stereocenters. The predicted octanol–water partition coefficient (Wildman–Crippen LogP) is 3.22. The van der Waals surface area contributed by atoms with Crippen LogP contribution in [0.25, 0.3) is 0 Å². The van der Waals surface area contributed by atoms with Gasteiger partial charge in [-0.05, 0) is 38.0 Å². The van der Waals surface area contributed by atoms with Crippen LogP contribution in [0.15, 0.2) is 6.20 Å². The monoisotopic (exact) mass is 344 g/mol. The van der Waals surface area contributed by atoms with Crippen LogP contribution in [0.1, 0.15) is 55.8 Å². The van der Waals surface area contributed by atoms with Crippen molar-refractivity contribution in [2.24, 2.45) is 13.0 Å². The summed E-state index contributed by atoms with van der Waals surface area (Å²) in [6.45, 7) is 0. The molecule has 0 saturated heterocycles. The topological polar surface area (TPSA) is 59.0 Å². The SMILES string of the molecule is Cn1cc2c(n1)CCC[C@@H]2NC(=O)N[C@@H](C1CCCC1)C(F)(F)F.